The molecule has 0 bridgehead atoms. The Bertz CT molecular complexity index is 1020. The Kier molecular flexibility index (Phi) is 8.43. The van der Waals surface area contributed by atoms with Crippen molar-refractivity contribution in [1.82, 2.24) is 10.2 Å². The van der Waals surface area contributed by atoms with Crippen molar-refractivity contribution in [3.05, 3.63) is 47.2 Å². The van der Waals surface area contributed by atoms with Gasteiger partial charge in [-0.15, -0.1) is 35.8 Å². The summed E-state index contributed by atoms with van der Waals surface area (Å²) in [5, 5.41) is 17.7. The van der Waals surface area contributed by atoms with Gasteiger partial charge in [-0.2, -0.15) is 0 Å². The second kappa shape index (κ2) is 10.4. The van der Waals surface area contributed by atoms with Crippen molar-refractivity contribution in [2.45, 2.75) is 12.4 Å². The van der Waals surface area contributed by atoms with Gasteiger partial charge >= 0.3 is 6.36 Å². The quantitative estimate of drug-likeness (QED) is 0.458. The van der Waals surface area contributed by atoms with Crippen LogP contribution in [-0.4, -0.2) is 40.9 Å². The highest BCUT2D eigenvalue weighted by molar-refractivity contribution is 7.18. The molecule has 0 fully saturated rings. The molecule has 13 heteroatoms. The van der Waals surface area contributed by atoms with Crippen molar-refractivity contribution < 1.29 is 32.1 Å². The number of hydrogen-bond acceptors (Lipinski definition) is 7. The van der Waals surface area contributed by atoms with Gasteiger partial charge < -0.3 is 20.3 Å². The standard InChI is InChI=1S/C18H14ClF4N3O3S.ClH/c19-13-6-15(28-8-10(24)7-27)14(20)5-12(13)17-26-25-16(30-17)9-1-3-11(4-2-9)29-18(21,22)23;/h1-6,10,27H,7-8,24H2;1H/t10-;/m1./s1. The maximum absolute atomic E-state index is 14.3. The molecule has 3 rings (SSSR count). The van der Waals surface area contributed by atoms with Gasteiger partial charge in [0.1, 0.15) is 22.4 Å². The van der Waals surface area contributed by atoms with Crippen LogP contribution in [0.4, 0.5) is 17.6 Å². The minimum atomic E-state index is -4.78. The van der Waals surface area contributed by atoms with E-state index in [4.69, 9.17) is 27.2 Å². The number of benzene rings is 2. The summed E-state index contributed by atoms with van der Waals surface area (Å²) in [4.78, 5) is 0. The lowest BCUT2D eigenvalue weighted by Gasteiger charge is -2.12. The highest BCUT2D eigenvalue weighted by atomic mass is 35.5. The molecule has 168 valence electrons. The first-order valence-electron chi connectivity index (χ1n) is 8.34. The SMILES string of the molecule is Cl.N[C@H](CO)COc1cc(Cl)c(-c2nnc(-c3ccc(OC(F)(F)F)cc3)s2)cc1F. The fourth-order valence-electron chi connectivity index (χ4n) is 2.30. The summed E-state index contributed by atoms with van der Waals surface area (Å²) < 4.78 is 60.1. The topological polar surface area (TPSA) is 90.5 Å². The second-order valence-corrected chi connectivity index (χ2v) is 7.39. The zero-order chi connectivity index (χ0) is 21.9. The van der Waals surface area contributed by atoms with Crippen molar-refractivity contribution in [3.8, 4) is 32.6 Å². The van der Waals surface area contributed by atoms with E-state index in [-0.39, 0.29) is 47.7 Å². The van der Waals surface area contributed by atoms with Gasteiger partial charge in [-0.25, -0.2) is 4.39 Å². The predicted molar refractivity (Wildman–Crippen MR) is 110 cm³/mol. The van der Waals surface area contributed by atoms with Gasteiger partial charge in [-0.05, 0) is 30.3 Å². The summed E-state index contributed by atoms with van der Waals surface area (Å²) in [5.41, 5.74) is 6.29. The molecule has 31 heavy (non-hydrogen) atoms. The fraction of sp³-hybridized carbons (Fsp3) is 0.222. The van der Waals surface area contributed by atoms with E-state index in [1.807, 2.05) is 0 Å². The van der Waals surface area contributed by atoms with Gasteiger partial charge in [0.2, 0.25) is 0 Å². The monoisotopic (exact) mass is 499 g/mol. The van der Waals surface area contributed by atoms with Crippen LogP contribution in [0.1, 0.15) is 0 Å². The fourth-order valence-corrected chi connectivity index (χ4v) is 3.48. The summed E-state index contributed by atoms with van der Waals surface area (Å²) in [6.45, 7) is -0.412. The lowest BCUT2D eigenvalue weighted by molar-refractivity contribution is -0.274. The third-order valence-corrected chi connectivity index (χ3v) is 5.02. The Hall–Kier alpha value is -2.18. The summed E-state index contributed by atoms with van der Waals surface area (Å²) in [7, 11) is 0. The summed E-state index contributed by atoms with van der Waals surface area (Å²) in [6, 6.07) is 6.83. The Balaban J connectivity index is 0.00000341. The largest absolute Gasteiger partial charge is 0.573 e. The van der Waals surface area contributed by atoms with Crippen LogP contribution in [0.5, 0.6) is 11.5 Å². The number of alkyl halides is 3. The lowest BCUT2D eigenvalue weighted by atomic mass is 10.2. The smallest absolute Gasteiger partial charge is 0.489 e. The Morgan fingerprint density at radius 3 is 2.39 bits per heavy atom. The predicted octanol–water partition coefficient (Wildman–Crippen LogP) is 4.68. The average molecular weight is 500 g/mol. The molecule has 0 saturated carbocycles. The van der Waals surface area contributed by atoms with Crippen molar-refractivity contribution in [3.63, 3.8) is 0 Å². The Morgan fingerprint density at radius 1 is 1.13 bits per heavy atom. The third kappa shape index (κ3) is 6.65. The van der Waals surface area contributed by atoms with Gasteiger partial charge in [0.05, 0.1) is 17.7 Å². The minimum Gasteiger partial charge on any atom is -0.489 e. The molecule has 0 aliphatic heterocycles. The van der Waals surface area contributed by atoms with Crippen LogP contribution >= 0.6 is 35.3 Å². The number of nitrogens with zero attached hydrogens (tertiary/aromatic N) is 2. The maximum atomic E-state index is 14.3. The van der Waals surface area contributed by atoms with Crippen LogP contribution in [0.15, 0.2) is 36.4 Å². The number of aliphatic hydroxyl groups excluding tert-OH is 1. The highest BCUT2D eigenvalue weighted by Gasteiger charge is 2.31. The number of aliphatic hydroxyl groups is 1. The molecule has 6 nitrogen and oxygen atoms in total. The lowest BCUT2D eigenvalue weighted by Crippen LogP contribution is -2.31. The van der Waals surface area contributed by atoms with Crippen LogP contribution in [-0.2, 0) is 0 Å². The van der Waals surface area contributed by atoms with E-state index >= 15 is 0 Å². The van der Waals surface area contributed by atoms with Crippen molar-refractivity contribution >= 4 is 35.3 Å². The number of aromatic nitrogens is 2. The zero-order valence-corrected chi connectivity index (χ0v) is 17.8. The molecule has 1 atom stereocenters. The first-order chi connectivity index (χ1) is 14.2. The number of ether oxygens (including phenoxy) is 2. The normalized spacial score (nSPS) is 12.2. The minimum absolute atomic E-state index is 0. The van der Waals surface area contributed by atoms with E-state index in [2.05, 4.69) is 14.9 Å². The number of rotatable bonds is 7. The molecule has 1 heterocycles. The van der Waals surface area contributed by atoms with Gasteiger partial charge in [0.15, 0.2) is 11.6 Å². The van der Waals surface area contributed by atoms with E-state index in [1.54, 1.807) is 0 Å². The Morgan fingerprint density at radius 2 is 1.77 bits per heavy atom. The number of hydrogen-bond donors (Lipinski definition) is 2. The van der Waals surface area contributed by atoms with Crippen LogP contribution in [0.25, 0.3) is 21.1 Å². The van der Waals surface area contributed by atoms with Crippen LogP contribution in [0.3, 0.4) is 0 Å². The molecule has 3 aromatic rings. The van der Waals surface area contributed by atoms with Gasteiger partial charge in [0, 0.05) is 17.2 Å². The summed E-state index contributed by atoms with van der Waals surface area (Å²) in [6.07, 6.45) is -4.78. The van der Waals surface area contributed by atoms with E-state index in [0.717, 1.165) is 29.5 Å². The second-order valence-electron chi connectivity index (χ2n) is 6.00. The first kappa shape index (κ1) is 25.1. The van der Waals surface area contributed by atoms with Crippen molar-refractivity contribution in [2.24, 2.45) is 5.73 Å². The van der Waals surface area contributed by atoms with E-state index in [1.165, 1.54) is 18.2 Å². The zero-order valence-electron chi connectivity index (χ0n) is 15.4. The van der Waals surface area contributed by atoms with E-state index in [0.29, 0.717) is 15.6 Å². The summed E-state index contributed by atoms with van der Waals surface area (Å²) >= 11 is 7.29. The Labute approximate surface area is 189 Å². The molecular formula is C18H15Cl2F4N3O3S. The van der Waals surface area contributed by atoms with Crippen molar-refractivity contribution in [2.75, 3.05) is 13.2 Å². The molecule has 0 aliphatic carbocycles. The van der Waals surface area contributed by atoms with Crippen LogP contribution in [0, 0.1) is 5.82 Å². The van der Waals surface area contributed by atoms with Gasteiger partial charge in [-0.1, -0.05) is 22.9 Å². The first-order valence-corrected chi connectivity index (χ1v) is 9.54. The molecule has 0 spiro atoms. The van der Waals surface area contributed by atoms with E-state index in [9.17, 15) is 17.6 Å². The molecular weight excluding hydrogens is 485 g/mol. The van der Waals surface area contributed by atoms with E-state index < -0.39 is 18.2 Å². The van der Waals surface area contributed by atoms with Crippen LogP contribution in [0.2, 0.25) is 5.02 Å². The third-order valence-electron chi connectivity index (χ3n) is 3.70. The maximum Gasteiger partial charge on any atom is 0.573 e. The molecule has 3 N–H and O–H groups in total. The summed E-state index contributed by atoms with van der Waals surface area (Å²) in [5.74, 6) is -1.19. The average Bonchev–Trinajstić information content (AvgIpc) is 3.17. The molecule has 0 amide bonds. The molecule has 2 aromatic carbocycles. The van der Waals surface area contributed by atoms with Crippen molar-refractivity contribution in [1.29, 1.82) is 0 Å². The highest BCUT2D eigenvalue weighted by Crippen LogP contribution is 2.37. The number of nitrogens with two attached hydrogens (primary N) is 1. The molecule has 0 aliphatic rings. The van der Waals surface area contributed by atoms with Crippen LogP contribution < -0.4 is 15.2 Å². The molecule has 0 unspecified atom stereocenters. The van der Waals surface area contributed by atoms with Gasteiger partial charge in [0.25, 0.3) is 0 Å². The van der Waals surface area contributed by atoms with Gasteiger partial charge in [-0.3, -0.25) is 0 Å². The number of halogens is 6. The molecule has 0 saturated heterocycles. The molecule has 0 radical (unpaired) electrons. The molecule has 1 aromatic heterocycles.